The van der Waals surface area contributed by atoms with Crippen LogP contribution in [0.5, 0.6) is 5.75 Å². The first-order valence-electron chi connectivity index (χ1n) is 8.21. The molecule has 1 aromatic heterocycles. The molecule has 0 radical (unpaired) electrons. The fraction of sp³-hybridized carbons (Fsp3) is 0.158. The van der Waals surface area contributed by atoms with Crippen LogP contribution in [0.4, 0.5) is 10.8 Å². The lowest BCUT2D eigenvalue weighted by Gasteiger charge is -2.09. The minimum absolute atomic E-state index is 0.0621. The summed E-state index contributed by atoms with van der Waals surface area (Å²) in [6.07, 6.45) is 0.108. The van der Waals surface area contributed by atoms with Crippen LogP contribution in [0.2, 0.25) is 0 Å². The van der Waals surface area contributed by atoms with Gasteiger partial charge in [0.25, 0.3) is 11.6 Å². The Hall–Kier alpha value is -3.26. The molecule has 0 saturated carbocycles. The summed E-state index contributed by atoms with van der Waals surface area (Å²) in [5, 5.41) is 15.7. The van der Waals surface area contributed by atoms with Crippen molar-refractivity contribution < 1.29 is 14.5 Å². The van der Waals surface area contributed by atoms with Crippen molar-refractivity contribution in [1.29, 1.82) is 0 Å². The van der Waals surface area contributed by atoms with Gasteiger partial charge in [0, 0.05) is 28.6 Å². The Balaban J connectivity index is 1.68. The molecule has 0 atom stereocenters. The van der Waals surface area contributed by atoms with Gasteiger partial charge in [-0.2, -0.15) is 0 Å². The summed E-state index contributed by atoms with van der Waals surface area (Å²) >= 11 is 1.31. The molecule has 0 fully saturated rings. The number of rotatable bonds is 6. The Bertz CT molecular complexity index is 950. The average molecular weight is 383 g/mol. The van der Waals surface area contributed by atoms with Gasteiger partial charge in [0.05, 0.1) is 16.7 Å². The van der Waals surface area contributed by atoms with Crippen molar-refractivity contribution >= 4 is 28.1 Å². The fourth-order valence-corrected chi connectivity index (χ4v) is 3.06. The smallest absolute Gasteiger partial charge is 0.269 e. The lowest BCUT2D eigenvalue weighted by Crippen LogP contribution is -2.11. The van der Waals surface area contributed by atoms with Crippen LogP contribution in [0, 0.1) is 10.1 Å². The van der Waals surface area contributed by atoms with E-state index in [1.165, 1.54) is 35.6 Å². The third-order valence-electron chi connectivity index (χ3n) is 3.59. The van der Waals surface area contributed by atoms with E-state index in [9.17, 15) is 14.9 Å². The number of nitrogens with one attached hydrogen (secondary N) is 1. The number of benzene rings is 2. The first-order chi connectivity index (χ1) is 12.9. The number of nitro groups is 1. The van der Waals surface area contributed by atoms with Crippen molar-refractivity contribution in [2.24, 2.45) is 0 Å². The third kappa shape index (κ3) is 4.68. The van der Waals surface area contributed by atoms with Gasteiger partial charge in [-0.1, -0.05) is 0 Å². The molecule has 2 aromatic carbocycles. The lowest BCUT2D eigenvalue weighted by molar-refractivity contribution is -0.384. The van der Waals surface area contributed by atoms with Gasteiger partial charge in [0.1, 0.15) is 5.75 Å². The Morgan fingerprint density at radius 3 is 2.41 bits per heavy atom. The molecular weight excluding hydrogens is 366 g/mol. The van der Waals surface area contributed by atoms with Gasteiger partial charge in [0.2, 0.25) is 0 Å². The lowest BCUT2D eigenvalue weighted by atomic mass is 10.2. The zero-order valence-corrected chi connectivity index (χ0v) is 15.5. The molecule has 1 amide bonds. The maximum atomic E-state index is 12.3. The number of non-ortho nitro benzene ring substituents is 1. The number of carbonyl (C=O) groups is 1. The van der Waals surface area contributed by atoms with Gasteiger partial charge in [-0.25, -0.2) is 4.98 Å². The Morgan fingerprint density at radius 1 is 1.15 bits per heavy atom. The third-order valence-corrected chi connectivity index (χ3v) is 4.34. The van der Waals surface area contributed by atoms with Crippen molar-refractivity contribution in [2.75, 3.05) is 5.32 Å². The molecule has 27 heavy (non-hydrogen) atoms. The molecule has 3 aromatic rings. The number of anilines is 1. The molecule has 0 aliphatic carbocycles. The van der Waals surface area contributed by atoms with E-state index in [-0.39, 0.29) is 17.7 Å². The Morgan fingerprint density at radius 2 is 1.81 bits per heavy atom. The zero-order valence-electron chi connectivity index (χ0n) is 14.7. The minimum atomic E-state index is -0.508. The van der Waals surface area contributed by atoms with Crippen LogP contribution in [0.15, 0.2) is 53.9 Å². The highest BCUT2D eigenvalue weighted by molar-refractivity contribution is 7.14. The van der Waals surface area contributed by atoms with Crippen molar-refractivity contribution in [3.63, 3.8) is 0 Å². The molecule has 0 spiro atoms. The van der Waals surface area contributed by atoms with E-state index in [0.29, 0.717) is 10.7 Å². The average Bonchev–Trinajstić information content (AvgIpc) is 3.10. The number of carbonyl (C=O) groups excluding carboxylic acids is 1. The quantitative estimate of drug-likeness (QED) is 0.489. The van der Waals surface area contributed by atoms with E-state index in [1.54, 1.807) is 0 Å². The number of ether oxygens (including phenoxy) is 1. The molecule has 8 heteroatoms. The van der Waals surface area contributed by atoms with Crippen LogP contribution in [0.25, 0.3) is 11.3 Å². The summed E-state index contributed by atoms with van der Waals surface area (Å²) in [7, 11) is 0. The summed E-state index contributed by atoms with van der Waals surface area (Å²) in [6, 6.07) is 13.0. The highest BCUT2D eigenvalue weighted by atomic mass is 32.1. The molecule has 3 rings (SSSR count). The summed E-state index contributed by atoms with van der Waals surface area (Å²) < 4.78 is 5.62. The summed E-state index contributed by atoms with van der Waals surface area (Å²) in [4.78, 5) is 26.8. The maximum Gasteiger partial charge on any atom is 0.269 e. The van der Waals surface area contributed by atoms with E-state index in [2.05, 4.69) is 10.3 Å². The molecule has 0 unspecified atom stereocenters. The maximum absolute atomic E-state index is 12.3. The molecule has 0 saturated heterocycles. The number of hydrogen-bond acceptors (Lipinski definition) is 6. The van der Waals surface area contributed by atoms with Gasteiger partial charge in [-0.3, -0.25) is 20.2 Å². The van der Waals surface area contributed by atoms with Crippen molar-refractivity contribution in [1.82, 2.24) is 4.98 Å². The SMILES string of the molecule is CC(C)Oc1ccc(-c2csc(NC(=O)c3ccc([N+](=O)[O-])cc3)n2)cc1. The predicted molar refractivity (Wildman–Crippen MR) is 104 cm³/mol. The summed E-state index contributed by atoms with van der Waals surface area (Å²) in [5.41, 5.74) is 1.92. The highest BCUT2D eigenvalue weighted by Crippen LogP contribution is 2.27. The van der Waals surface area contributed by atoms with Crippen molar-refractivity contribution in [2.45, 2.75) is 20.0 Å². The molecule has 0 aliphatic rings. The van der Waals surface area contributed by atoms with Crippen molar-refractivity contribution in [3.05, 3.63) is 69.6 Å². The van der Waals surface area contributed by atoms with E-state index >= 15 is 0 Å². The molecule has 0 bridgehead atoms. The number of nitrogens with zero attached hydrogens (tertiary/aromatic N) is 2. The van der Waals surface area contributed by atoms with Crippen LogP contribution in [0.1, 0.15) is 24.2 Å². The Labute approximate surface area is 159 Å². The largest absolute Gasteiger partial charge is 0.491 e. The fourth-order valence-electron chi connectivity index (χ4n) is 2.34. The minimum Gasteiger partial charge on any atom is -0.491 e. The van der Waals surface area contributed by atoms with Gasteiger partial charge in [-0.05, 0) is 50.2 Å². The molecule has 138 valence electrons. The first kappa shape index (κ1) is 18.5. The number of amides is 1. The van der Waals surface area contributed by atoms with Crippen molar-refractivity contribution in [3.8, 4) is 17.0 Å². The number of nitro benzene ring substituents is 1. The second kappa shape index (κ2) is 7.96. The van der Waals surface area contributed by atoms with E-state index < -0.39 is 4.92 Å². The second-order valence-electron chi connectivity index (χ2n) is 5.99. The van der Waals surface area contributed by atoms with Crippen LogP contribution >= 0.6 is 11.3 Å². The van der Waals surface area contributed by atoms with Gasteiger partial charge in [-0.15, -0.1) is 11.3 Å². The van der Waals surface area contributed by atoms with Gasteiger partial charge >= 0.3 is 0 Å². The monoisotopic (exact) mass is 383 g/mol. The van der Waals surface area contributed by atoms with Gasteiger partial charge in [0.15, 0.2) is 5.13 Å². The van der Waals surface area contributed by atoms with E-state index in [1.807, 2.05) is 43.5 Å². The van der Waals surface area contributed by atoms with E-state index in [0.717, 1.165) is 17.0 Å². The summed E-state index contributed by atoms with van der Waals surface area (Å²) in [5.74, 6) is 0.419. The topological polar surface area (TPSA) is 94.4 Å². The predicted octanol–water partition coefficient (Wildman–Crippen LogP) is 4.76. The van der Waals surface area contributed by atoms with Crippen LogP contribution in [0.3, 0.4) is 0 Å². The molecule has 1 heterocycles. The normalized spacial score (nSPS) is 10.6. The number of thiazole rings is 1. The number of hydrogen-bond donors (Lipinski definition) is 1. The van der Waals surface area contributed by atoms with Gasteiger partial charge < -0.3 is 4.74 Å². The molecule has 7 nitrogen and oxygen atoms in total. The summed E-state index contributed by atoms with van der Waals surface area (Å²) in [6.45, 7) is 3.93. The Kier molecular flexibility index (Phi) is 5.46. The molecule has 1 N–H and O–H groups in total. The number of aromatic nitrogens is 1. The van der Waals surface area contributed by atoms with Crippen LogP contribution in [-0.4, -0.2) is 21.9 Å². The molecule has 0 aliphatic heterocycles. The second-order valence-corrected chi connectivity index (χ2v) is 6.85. The highest BCUT2D eigenvalue weighted by Gasteiger charge is 2.12. The van der Waals surface area contributed by atoms with Crippen LogP contribution in [-0.2, 0) is 0 Å². The standard InChI is InChI=1S/C19H17N3O4S/c1-12(2)26-16-9-5-13(6-10-16)17-11-27-19(20-17)21-18(23)14-3-7-15(8-4-14)22(24)25/h3-12H,1-2H3,(H,20,21,23). The van der Waals surface area contributed by atoms with E-state index in [4.69, 9.17) is 4.74 Å². The first-order valence-corrected chi connectivity index (χ1v) is 9.09. The van der Waals surface area contributed by atoms with Crippen LogP contribution < -0.4 is 10.1 Å². The zero-order chi connectivity index (χ0) is 19.4. The molecular formula is C19H17N3O4S.